The standard InChI is InChI=1S/C13H16F3N3O6/c1-6-3-19(12(23)18-10(6)21)9-2-7(20)8(25-9)4-24-5-17-11(22)13(14,15)16/h3,7-9,20H,2,4-5H2,1H3,(H,17,22)(H,18,21,23)/t7-,8+,9+/m0/s1. The molecule has 0 radical (unpaired) electrons. The SMILES string of the molecule is Cc1cn([C@H]2C[C@H](O)[C@@H](COCNC(=O)C(F)(F)F)O2)c(=O)[nH]c1=O. The fraction of sp³-hybridized carbons (Fsp3) is 0.615. The van der Waals surface area contributed by atoms with Gasteiger partial charge in [0.05, 0.1) is 12.7 Å². The highest BCUT2D eigenvalue weighted by Crippen LogP contribution is 2.27. The Balaban J connectivity index is 1.90. The molecule has 0 unspecified atom stereocenters. The summed E-state index contributed by atoms with van der Waals surface area (Å²) in [4.78, 5) is 35.8. The molecule has 3 atom stereocenters. The number of hydrogen-bond acceptors (Lipinski definition) is 6. The number of carbonyl (C=O) groups excluding carboxylic acids is 1. The highest BCUT2D eigenvalue weighted by atomic mass is 19.4. The zero-order valence-corrected chi connectivity index (χ0v) is 13.0. The average molecular weight is 367 g/mol. The minimum absolute atomic E-state index is 0.0222. The molecule has 2 heterocycles. The molecular weight excluding hydrogens is 351 g/mol. The Morgan fingerprint density at radius 2 is 2.20 bits per heavy atom. The number of rotatable bonds is 5. The highest BCUT2D eigenvalue weighted by molar-refractivity contribution is 5.81. The molecule has 140 valence electrons. The van der Waals surface area contributed by atoms with E-state index in [0.29, 0.717) is 0 Å². The maximum Gasteiger partial charge on any atom is 0.471 e. The number of hydrogen-bond donors (Lipinski definition) is 3. The Bertz CT molecular complexity index is 744. The molecule has 1 aliphatic heterocycles. The maximum atomic E-state index is 12.0. The fourth-order valence-corrected chi connectivity index (χ4v) is 2.23. The quantitative estimate of drug-likeness (QED) is 0.460. The number of aliphatic hydroxyl groups is 1. The summed E-state index contributed by atoms with van der Waals surface area (Å²) < 4.78 is 47.4. The molecule has 0 spiro atoms. The zero-order valence-electron chi connectivity index (χ0n) is 13.0. The number of ether oxygens (including phenoxy) is 2. The van der Waals surface area contributed by atoms with Gasteiger partial charge in [0.2, 0.25) is 0 Å². The van der Waals surface area contributed by atoms with E-state index >= 15 is 0 Å². The number of amides is 1. The number of nitrogens with zero attached hydrogens (tertiary/aromatic N) is 1. The van der Waals surface area contributed by atoms with Gasteiger partial charge in [0, 0.05) is 18.2 Å². The van der Waals surface area contributed by atoms with E-state index in [1.807, 2.05) is 0 Å². The normalized spacial score (nSPS) is 23.6. The summed E-state index contributed by atoms with van der Waals surface area (Å²) in [6.45, 7) is 0.476. The number of halogens is 3. The second kappa shape index (κ2) is 7.37. The summed E-state index contributed by atoms with van der Waals surface area (Å²) in [6, 6.07) is 0. The smallest absolute Gasteiger partial charge is 0.390 e. The lowest BCUT2D eigenvalue weighted by Gasteiger charge is -2.16. The lowest BCUT2D eigenvalue weighted by molar-refractivity contribution is -0.175. The number of nitrogens with one attached hydrogen (secondary N) is 2. The van der Waals surface area contributed by atoms with Gasteiger partial charge in [-0.25, -0.2) is 4.79 Å². The van der Waals surface area contributed by atoms with Crippen LogP contribution in [-0.4, -0.2) is 52.3 Å². The van der Waals surface area contributed by atoms with E-state index in [-0.39, 0.29) is 18.6 Å². The molecule has 1 aromatic rings. The summed E-state index contributed by atoms with van der Waals surface area (Å²) in [5.74, 6) is -2.14. The van der Waals surface area contributed by atoms with Gasteiger partial charge in [0.15, 0.2) is 0 Å². The molecule has 1 fully saturated rings. The van der Waals surface area contributed by atoms with Crippen LogP contribution in [0.4, 0.5) is 13.2 Å². The van der Waals surface area contributed by atoms with Crippen molar-refractivity contribution < 1.29 is 32.5 Å². The van der Waals surface area contributed by atoms with Crippen LogP contribution in [0.2, 0.25) is 0 Å². The first kappa shape index (κ1) is 19.1. The molecule has 3 N–H and O–H groups in total. The molecule has 9 nitrogen and oxygen atoms in total. The van der Waals surface area contributed by atoms with Crippen LogP contribution in [-0.2, 0) is 14.3 Å². The number of aromatic amines is 1. The van der Waals surface area contributed by atoms with Gasteiger partial charge < -0.3 is 19.9 Å². The van der Waals surface area contributed by atoms with Crippen LogP contribution in [0.3, 0.4) is 0 Å². The number of alkyl halides is 3. The first-order valence-electron chi connectivity index (χ1n) is 7.18. The van der Waals surface area contributed by atoms with Crippen molar-refractivity contribution in [2.45, 2.75) is 38.0 Å². The van der Waals surface area contributed by atoms with Crippen molar-refractivity contribution in [2.24, 2.45) is 0 Å². The van der Waals surface area contributed by atoms with Crippen molar-refractivity contribution in [1.29, 1.82) is 0 Å². The second-order valence-corrected chi connectivity index (χ2v) is 5.43. The minimum Gasteiger partial charge on any atom is -0.390 e. The van der Waals surface area contributed by atoms with Gasteiger partial charge in [-0.05, 0) is 6.92 Å². The lowest BCUT2D eigenvalue weighted by Crippen LogP contribution is -2.39. The number of aryl methyl sites for hydroxylation is 1. The Kier molecular flexibility index (Phi) is 5.65. The number of H-pyrrole nitrogens is 1. The molecule has 0 saturated carbocycles. The third kappa shape index (κ3) is 4.67. The summed E-state index contributed by atoms with van der Waals surface area (Å²) >= 11 is 0. The van der Waals surface area contributed by atoms with E-state index < -0.39 is 48.5 Å². The van der Waals surface area contributed by atoms with E-state index in [4.69, 9.17) is 9.47 Å². The topological polar surface area (TPSA) is 123 Å². The Hall–Kier alpha value is -2.18. The van der Waals surface area contributed by atoms with Crippen LogP contribution in [0.1, 0.15) is 18.2 Å². The average Bonchev–Trinajstić information content (AvgIpc) is 2.87. The summed E-state index contributed by atoms with van der Waals surface area (Å²) in [5, 5.41) is 11.4. The Morgan fingerprint density at radius 3 is 2.84 bits per heavy atom. The number of carbonyl (C=O) groups is 1. The second-order valence-electron chi connectivity index (χ2n) is 5.43. The molecule has 2 rings (SSSR count). The van der Waals surface area contributed by atoms with Crippen LogP contribution in [0.25, 0.3) is 0 Å². The summed E-state index contributed by atoms with van der Waals surface area (Å²) in [5.41, 5.74) is -0.987. The van der Waals surface area contributed by atoms with Crippen LogP contribution in [0, 0.1) is 6.92 Å². The molecule has 1 saturated heterocycles. The van der Waals surface area contributed by atoms with Crippen LogP contribution in [0.5, 0.6) is 0 Å². The van der Waals surface area contributed by atoms with Gasteiger partial charge in [0.1, 0.15) is 19.1 Å². The van der Waals surface area contributed by atoms with Crippen molar-refractivity contribution in [2.75, 3.05) is 13.3 Å². The first-order chi connectivity index (χ1) is 11.6. The Labute approximate surface area is 138 Å². The van der Waals surface area contributed by atoms with Gasteiger partial charge in [-0.15, -0.1) is 0 Å². The maximum absolute atomic E-state index is 12.0. The van der Waals surface area contributed by atoms with Crippen molar-refractivity contribution in [3.63, 3.8) is 0 Å². The molecule has 0 aromatic carbocycles. The molecule has 1 aromatic heterocycles. The van der Waals surface area contributed by atoms with E-state index in [9.17, 15) is 32.7 Å². The van der Waals surface area contributed by atoms with Crippen molar-refractivity contribution in [3.05, 3.63) is 32.6 Å². The first-order valence-corrected chi connectivity index (χ1v) is 7.18. The van der Waals surface area contributed by atoms with Gasteiger partial charge in [-0.3, -0.25) is 19.1 Å². The number of aromatic nitrogens is 2. The third-order valence-electron chi connectivity index (χ3n) is 3.53. The van der Waals surface area contributed by atoms with E-state index in [0.717, 1.165) is 4.57 Å². The molecule has 25 heavy (non-hydrogen) atoms. The van der Waals surface area contributed by atoms with Crippen molar-refractivity contribution in [3.8, 4) is 0 Å². The molecule has 1 aliphatic rings. The van der Waals surface area contributed by atoms with Crippen molar-refractivity contribution >= 4 is 5.91 Å². The summed E-state index contributed by atoms with van der Waals surface area (Å²) in [7, 11) is 0. The lowest BCUT2D eigenvalue weighted by atomic mass is 10.2. The van der Waals surface area contributed by atoms with E-state index in [2.05, 4.69) is 4.98 Å². The van der Waals surface area contributed by atoms with Crippen molar-refractivity contribution in [1.82, 2.24) is 14.9 Å². The molecule has 12 heteroatoms. The molecular formula is C13H16F3N3O6. The van der Waals surface area contributed by atoms with Gasteiger partial charge in [-0.2, -0.15) is 13.2 Å². The minimum atomic E-state index is -5.01. The largest absolute Gasteiger partial charge is 0.471 e. The molecule has 1 amide bonds. The summed E-state index contributed by atoms with van der Waals surface area (Å²) in [6.07, 6.45) is -6.52. The third-order valence-corrected chi connectivity index (χ3v) is 3.53. The molecule has 0 aliphatic carbocycles. The van der Waals surface area contributed by atoms with Crippen LogP contribution >= 0.6 is 0 Å². The predicted molar refractivity (Wildman–Crippen MR) is 75.6 cm³/mol. The van der Waals surface area contributed by atoms with Gasteiger partial charge in [0.25, 0.3) is 5.56 Å². The van der Waals surface area contributed by atoms with E-state index in [1.165, 1.54) is 18.4 Å². The highest BCUT2D eigenvalue weighted by Gasteiger charge is 2.39. The van der Waals surface area contributed by atoms with Gasteiger partial charge in [-0.1, -0.05) is 0 Å². The van der Waals surface area contributed by atoms with Gasteiger partial charge >= 0.3 is 17.8 Å². The molecule has 0 bridgehead atoms. The zero-order chi connectivity index (χ0) is 18.8. The monoisotopic (exact) mass is 367 g/mol. The van der Waals surface area contributed by atoms with E-state index in [1.54, 1.807) is 0 Å². The fourth-order valence-electron chi connectivity index (χ4n) is 2.23. The number of aliphatic hydroxyl groups excluding tert-OH is 1. The predicted octanol–water partition coefficient (Wildman–Crippen LogP) is -0.854. The van der Waals surface area contributed by atoms with Crippen LogP contribution in [0.15, 0.2) is 15.8 Å². The Morgan fingerprint density at radius 1 is 1.52 bits per heavy atom. The van der Waals surface area contributed by atoms with Crippen LogP contribution < -0.4 is 16.6 Å².